The molecule has 3 aromatic rings. The number of rotatable bonds is 5. The summed E-state index contributed by atoms with van der Waals surface area (Å²) in [6.07, 6.45) is 6.00. The molecule has 0 atom stereocenters. The number of hydrogen-bond acceptors (Lipinski definition) is 5. The molecule has 27 heavy (non-hydrogen) atoms. The first kappa shape index (κ1) is 17.0. The van der Waals surface area contributed by atoms with E-state index in [0.717, 1.165) is 29.5 Å². The van der Waals surface area contributed by atoms with Crippen LogP contribution in [0.2, 0.25) is 0 Å². The van der Waals surface area contributed by atoms with Crippen molar-refractivity contribution in [1.29, 1.82) is 5.26 Å². The Morgan fingerprint density at radius 3 is 2.70 bits per heavy atom. The van der Waals surface area contributed by atoms with Crippen LogP contribution in [0.1, 0.15) is 29.8 Å². The molecule has 1 fully saturated rings. The minimum absolute atomic E-state index is 0.114. The van der Waals surface area contributed by atoms with E-state index in [1.165, 1.54) is 0 Å². The molecular weight excluding hydrogens is 342 g/mol. The highest BCUT2D eigenvalue weighted by molar-refractivity contribution is 5.92. The van der Waals surface area contributed by atoms with Crippen molar-refractivity contribution in [2.24, 2.45) is 13.0 Å². The summed E-state index contributed by atoms with van der Waals surface area (Å²) in [4.78, 5) is 12.3. The number of nitrogens with zero attached hydrogens (tertiary/aromatic N) is 4. The van der Waals surface area contributed by atoms with Gasteiger partial charge in [-0.2, -0.15) is 10.4 Å². The molecule has 7 nitrogen and oxygen atoms in total. The van der Waals surface area contributed by atoms with E-state index >= 15 is 0 Å². The molecule has 0 bridgehead atoms. The third-order valence-electron chi connectivity index (χ3n) is 4.90. The molecule has 1 aromatic carbocycles. The van der Waals surface area contributed by atoms with E-state index in [-0.39, 0.29) is 17.7 Å². The normalized spacial score (nSPS) is 18.5. The summed E-state index contributed by atoms with van der Waals surface area (Å²) >= 11 is 0. The Morgan fingerprint density at radius 1 is 1.30 bits per heavy atom. The van der Waals surface area contributed by atoms with E-state index in [0.29, 0.717) is 18.0 Å². The SMILES string of the molecule is Cn1cc(-c2ccc(-c3cc(C(=O)NC4CC(CC#N)C4)on3)cc2)cn1. The second-order valence-electron chi connectivity index (χ2n) is 6.93. The maximum atomic E-state index is 12.3. The summed E-state index contributed by atoms with van der Waals surface area (Å²) in [5, 5.41) is 19.8. The molecule has 2 aromatic heterocycles. The Morgan fingerprint density at radius 2 is 2.04 bits per heavy atom. The van der Waals surface area contributed by atoms with Crippen molar-refractivity contribution in [3.05, 3.63) is 48.5 Å². The minimum atomic E-state index is -0.263. The molecule has 4 rings (SSSR count). The lowest BCUT2D eigenvalue weighted by atomic mass is 9.78. The van der Waals surface area contributed by atoms with Gasteiger partial charge in [0.2, 0.25) is 5.76 Å². The van der Waals surface area contributed by atoms with Crippen molar-refractivity contribution in [2.45, 2.75) is 25.3 Å². The van der Waals surface area contributed by atoms with Gasteiger partial charge in [0.1, 0.15) is 5.69 Å². The highest BCUT2D eigenvalue weighted by atomic mass is 16.5. The molecular formula is C20H19N5O2. The van der Waals surface area contributed by atoms with Crippen molar-refractivity contribution in [1.82, 2.24) is 20.3 Å². The molecule has 0 unspecified atom stereocenters. The van der Waals surface area contributed by atoms with E-state index < -0.39 is 0 Å². The molecule has 2 heterocycles. The molecule has 1 amide bonds. The van der Waals surface area contributed by atoms with Crippen LogP contribution in [-0.4, -0.2) is 26.9 Å². The van der Waals surface area contributed by atoms with Crippen molar-refractivity contribution < 1.29 is 9.32 Å². The average molecular weight is 361 g/mol. The van der Waals surface area contributed by atoms with E-state index in [4.69, 9.17) is 9.78 Å². The zero-order valence-corrected chi connectivity index (χ0v) is 14.9. The maximum Gasteiger partial charge on any atom is 0.290 e. The number of carbonyl (C=O) groups is 1. The second-order valence-corrected chi connectivity index (χ2v) is 6.93. The van der Waals surface area contributed by atoms with Crippen molar-refractivity contribution in [3.8, 4) is 28.5 Å². The maximum absolute atomic E-state index is 12.3. The van der Waals surface area contributed by atoms with Crippen LogP contribution in [0.3, 0.4) is 0 Å². The molecule has 1 N–H and O–H groups in total. The number of nitriles is 1. The lowest BCUT2D eigenvalue weighted by Crippen LogP contribution is -2.44. The number of aromatic nitrogens is 3. The van der Waals surface area contributed by atoms with Gasteiger partial charge in [0.15, 0.2) is 0 Å². The molecule has 1 aliphatic rings. The number of hydrogen-bond donors (Lipinski definition) is 1. The molecule has 0 radical (unpaired) electrons. The van der Waals surface area contributed by atoms with Gasteiger partial charge < -0.3 is 9.84 Å². The Bertz CT molecular complexity index is 990. The summed E-state index contributed by atoms with van der Waals surface area (Å²) in [7, 11) is 1.88. The monoisotopic (exact) mass is 361 g/mol. The summed E-state index contributed by atoms with van der Waals surface area (Å²) in [5.41, 5.74) is 3.60. The zero-order valence-electron chi connectivity index (χ0n) is 14.9. The molecule has 0 aliphatic heterocycles. The number of benzene rings is 1. The first-order valence-electron chi connectivity index (χ1n) is 8.86. The fourth-order valence-corrected chi connectivity index (χ4v) is 3.33. The van der Waals surface area contributed by atoms with Crippen LogP contribution in [0.4, 0.5) is 0 Å². The molecule has 136 valence electrons. The van der Waals surface area contributed by atoms with Gasteiger partial charge in [0.25, 0.3) is 5.91 Å². The highest BCUT2D eigenvalue weighted by Crippen LogP contribution is 2.30. The van der Waals surface area contributed by atoms with Gasteiger partial charge in [0.05, 0.1) is 12.3 Å². The van der Waals surface area contributed by atoms with Crippen LogP contribution in [0, 0.1) is 17.2 Å². The zero-order chi connectivity index (χ0) is 18.8. The van der Waals surface area contributed by atoms with Gasteiger partial charge >= 0.3 is 0 Å². The van der Waals surface area contributed by atoms with Gasteiger partial charge in [-0.05, 0) is 24.3 Å². The molecule has 1 aliphatic carbocycles. The lowest BCUT2D eigenvalue weighted by Gasteiger charge is -2.34. The first-order chi connectivity index (χ1) is 13.1. The predicted molar refractivity (Wildman–Crippen MR) is 98.3 cm³/mol. The molecule has 1 saturated carbocycles. The van der Waals surface area contributed by atoms with Crippen LogP contribution in [0.5, 0.6) is 0 Å². The van der Waals surface area contributed by atoms with Crippen LogP contribution >= 0.6 is 0 Å². The summed E-state index contributed by atoms with van der Waals surface area (Å²) in [6, 6.07) is 11.8. The third kappa shape index (κ3) is 3.60. The van der Waals surface area contributed by atoms with Crippen LogP contribution in [0.15, 0.2) is 47.2 Å². The van der Waals surface area contributed by atoms with Crippen molar-refractivity contribution >= 4 is 5.91 Å². The van der Waals surface area contributed by atoms with Gasteiger partial charge in [-0.3, -0.25) is 9.48 Å². The summed E-state index contributed by atoms with van der Waals surface area (Å²) in [6.45, 7) is 0. The fourth-order valence-electron chi connectivity index (χ4n) is 3.33. The van der Waals surface area contributed by atoms with E-state index in [2.05, 4.69) is 21.6 Å². The first-order valence-corrected chi connectivity index (χ1v) is 8.86. The van der Waals surface area contributed by atoms with Crippen molar-refractivity contribution in [3.63, 3.8) is 0 Å². The number of amides is 1. The van der Waals surface area contributed by atoms with Gasteiger partial charge in [-0.1, -0.05) is 29.4 Å². The van der Waals surface area contributed by atoms with Gasteiger partial charge in [-0.25, -0.2) is 0 Å². The lowest BCUT2D eigenvalue weighted by molar-refractivity contribution is 0.0854. The van der Waals surface area contributed by atoms with Crippen LogP contribution in [0.25, 0.3) is 22.4 Å². The Balaban J connectivity index is 1.40. The van der Waals surface area contributed by atoms with E-state index in [1.807, 2.05) is 43.7 Å². The standard InChI is InChI=1S/C20H19N5O2/c1-25-12-16(11-22-25)14-2-4-15(5-3-14)18-10-19(27-24-18)20(26)23-17-8-13(9-17)6-7-21/h2-5,10-13,17H,6,8-9H2,1H3,(H,23,26). The molecule has 0 spiro atoms. The molecule has 7 heteroatoms. The average Bonchev–Trinajstić information content (AvgIpc) is 3.29. The van der Waals surface area contributed by atoms with Gasteiger partial charge in [-0.15, -0.1) is 0 Å². The Hall–Kier alpha value is -3.40. The van der Waals surface area contributed by atoms with E-state index in [9.17, 15) is 4.79 Å². The highest BCUT2D eigenvalue weighted by Gasteiger charge is 2.31. The quantitative estimate of drug-likeness (QED) is 0.753. The van der Waals surface area contributed by atoms with Gasteiger partial charge in [0, 0.05) is 42.9 Å². The number of nitrogens with one attached hydrogen (secondary N) is 1. The predicted octanol–water partition coefficient (Wildman–Crippen LogP) is 3.16. The summed E-state index contributed by atoms with van der Waals surface area (Å²) < 4.78 is 6.98. The minimum Gasteiger partial charge on any atom is -0.350 e. The van der Waals surface area contributed by atoms with Crippen LogP contribution < -0.4 is 5.32 Å². The van der Waals surface area contributed by atoms with E-state index in [1.54, 1.807) is 10.7 Å². The number of aryl methyl sites for hydroxylation is 1. The second kappa shape index (κ2) is 7.08. The molecule has 0 saturated heterocycles. The smallest absolute Gasteiger partial charge is 0.290 e. The van der Waals surface area contributed by atoms with Crippen LogP contribution in [-0.2, 0) is 7.05 Å². The third-order valence-corrected chi connectivity index (χ3v) is 4.90. The fraction of sp³-hybridized carbons (Fsp3) is 0.300. The summed E-state index contributed by atoms with van der Waals surface area (Å²) in [5.74, 6) is 0.329. The largest absolute Gasteiger partial charge is 0.350 e. The number of carbonyl (C=O) groups excluding carboxylic acids is 1. The Labute approximate surface area is 156 Å². The Kier molecular flexibility index (Phi) is 4.47. The van der Waals surface area contributed by atoms with Crippen molar-refractivity contribution in [2.75, 3.05) is 0 Å². The topological polar surface area (TPSA) is 96.7 Å².